The number of likely N-dealkylation sites (tertiary alicyclic amines) is 1. The first kappa shape index (κ1) is 12.0. The van der Waals surface area contributed by atoms with E-state index in [2.05, 4.69) is 56.5 Å². The van der Waals surface area contributed by atoms with Gasteiger partial charge >= 0.3 is 0 Å². The Morgan fingerprint density at radius 3 is 2.75 bits per heavy atom. The van der Waals surface area contributed by atoms with Gasteiger partial charge < -0.3 is 9.80 Å². The lowest BCUT2D eigenvalue weighted by Gasteiger charge is -2.35. The van der Waals surface area contributed by atoms with Gasteiger partial charge in [0.2, 0.25) is 0 Å². The summed E-state index contributed by atoms with van der Waals surface area (Å²) in [4.78, 5) is 13.1. The Bertz CT molecular complexity index is 350. The minimum absolute atomic E-state index is 0.611. The van der Waals surface area contributed by atoms with Crippen molar-refractivity contribution in [1.29, 1.82) is 0 Å². The van der Waals surface area contributed by atoms with E-state index in [4.69, 9.17) is 0 Å². The standard InChI is InChI=1S/C11H17IN4/c1-15-5-3-9(4-6-15)16(2)11-10(12)7-13-8-14-11/h7-9H,3-6H2,1-2H3. The highest BCUT2D eigenvalue weighted by atomic mass is 127. The molecule has 1 aliphatic heterocycles. The van der Waals surface area contributed by atoms with Gasteiger partial charge in [-0.05, 0) is 55.6 Å². The number of nitrogens with zero attached hydrogens (tertiary/aromatic N) is 4. The smallest absolute Gasteiger partial charge is 0.145 e. The second-order valence-electron chi connectivity index (χ2n) is 4.34. The van der Waals surface area contributed by atoms with Crippen LogP contribution in [-0.4, -0.2) is 48.1 Å². The van der Waals surface area contributed by atoms with Crippen LogP contribution in [0, 0.1) is 3.57 Å². The summed E-state index contributed by atoms with van der Waals surface area (Å²) in [5.41, 5.74) is 0. The molecule has 0 aliphatic carbocycles. The quantitative estimate of drug-likeness (QED) is 0.771. The molecule has 0 aromatic carbocycles. The largest absolute Gasteiger partial charge is 0.356 e. The van der Waals surface area contributed by atoms with E-state index in [9.17, 15) is 0 Å². The molecule has 1 aromatic heterocycles. The van der Waals surface area contributed by atoms with Gasteiger partial charge in [-0.15, -0.1) is 0 Å². The summed E-state index contributed by atoms with van der Waals surface area (Å²) in [5.74, 6) is 1.06. The lowest BCUT2D eigenvalue weighted by Crippen LogP contribution is -2.42. The molecule has 0 atom stereocenters. The summed E-state index contributed by atoms with van der Waals surface area (Å²) in [7, 11) is 4.32. The molecule has 1 aliphatic rings. The zero-order valence-corrected chi connectivity index (χ0v) is 11.9. The average molecular weight is 332 g/mol. The van der Waals surface area contributed by atoms with Crippen LogP contribution in [0.5, 0.6) is 0 Å². The Morgan fingerprint density at radius 1 is 1.44 bits per heavy atom. The normalized spacial score (nSPS) is 18.7. The van der Waals surface area contributed by atoms with Crippen molar-refractivity contribution in [3.63, 3.8) is 0 Å². The molecule has 2 rings (SSSR count). The maximum absolute atomic E-state index is 4.37. The summed E-state index contributed by atoms with van der Waals surface area (Å²) in [6, 6.07) is 0.611. The maximum atomic E-state index is 4.37. The average Bonchev–Trinajstić information content (AvgIpc) is 2.30. The lowest BCUT2D eigenvalue weighted by molar-refractivity contribution is 0.252. The SMILES string of the molecule is CN1CCC(N(C)c2ncncc2I)CC1. The highest BCUT2D eigenvalue weighted by Crippen LogP contribution is 2.23. The van der Waals surface area contributed by atoms with Crippen molar-refractivity contribution in [1.82, 2.24) is 14.9 Å². The van der Waals surface area contributed by atoms with Crippen LogP contribution in [0.1, 0.15) is 12.8 Å². The van der Waals surface area contributed by atoms with Gasteiger partial charge in [0.1, 0.15) is 12.1 Å². The summed E-state index contributed by atoms with van der Waals surface area (Å²) >= 11 is 2.30. The number of hydrogen-bond donors (Lipinski definition) is 0. The fourth-order valence-electron chi connectivity index (χ4n) is 2.12. The molecule has 1 fully saturated rings. The first-order chi connectivity index (χ1) is 7.68. The van der Waals surface area contributed by atoms with Crippen LogP contribution >= 0.6 is 22.6 Å². The summed E-state index contributed by atoms with van der Waals surface area (Å²) in [5, 5.41) is 0. The highest BCUT2D eigenvalue weighted by molar-refractivity contribution is 14.1. The molecule has 0 bridgehead atoms. The molecule has 1 saturated heterocycles. The molecule has 0 N–H and O–H groups in total. The van der Waals surface area contributed by atoms with Gasteiger partial charge in [-0.1, -0.05) is 0 Å². The molecule has 5 heteroatoms. The van der Waals surface area contributed by atoms with Crippen molar-refractivity contribution < 1.29 is 0 Å². The van der Waals surface area contributed by atoms with Crippen LogP contribution in [0.3, 0.4) is 0 Å². The Kier molecular flexibility index (Phi) is 3.96. The predicted octanol–water partition coefficient (Wildman–Crippen LogP) is 1.61. The first-order valence-corrected chi connectivity index (χ1v) is 6.63. The minimum Gasteiger partial charge on any atom is -0.356 e. The van der Waals surface area contributed by atoms with Gasteiger partial charge in [-0.2, -0.15) is 0 Å². The molecule has 1 aromatic rings. The van der Waals surface area contributed by atoms with Crippen LogP contribution in [0.2, 0.25) is 0 Å². The number of hydrogen-bond acceptors (Lipinski definition) is 4. The van der Waals surface area contributed by atoms with E-state index in [1.54, 1.807) is 6.33 Å². The Morgan fingerprint density at radius 2 is 2.12 bits per heavy atom. The molecule has 2 heterocycles. The monoisotopic (exact) mass is 332 g/mol. The number of aromatic nitrogens is 2. The minimum atomic E-state index is 0.611. The van der Waals surface area contributed by atoms with Crippen LogP contribution in [0.15, 0.2) is 12.5 Å². The van der Waals surface area contributed by atoms with E-state index in [0.29, 0.717) is 6.04 Å². The van der Waals surface area contributed by atoms with E-state index in [1.165, 1.54) is 25.9 Å². The molecule has 16 heavy (non-hydrogen) atoms. The molecule has 0 unspecified atom stereocenters. The van der Waals surface area contributed by atoms with Crippen molar-refractivity contribution >= 4 is 28.4 Å². The zero-order valence-electron chi connectivity index (χ0n) is 9.73. The van der Waals surface area contributed by atoms with Crippen LogP contribution in [0.25, 0.3) is 0 Å². The van der Waals surface area contributed by atoms with E-state index in [-0.39, 0.29) is 0 Å². The number of rotatable bonds is 2. The Hall–Kier alpha value is -0.430. The fraction of sp³-hybridized carbons (Fsp3) is 0.636. The van der Waals surface area contributed by atoms with E-state index < -0.39 is 0 Å². The van der Waals surface area contributed by atoms with E-state index >= 15 is 0 Å². The van der Waals surface area contributed by atoms with Crippen molar-refractivity contribution in [3.05, 3.63) is 16.1 Å². The first-order valence-electron chi connectivity index (χ1n) is 5.55. The van der Waals surface area contributed by atoms with Gasteiger partial charge in [-0.25, -0.2) is 9.97 Å². The summed E-state index contributed by atoms with van der Waals surface area (Å²) in [6.07, 6.45) is 5.93. The number of piperidine rings is 1. The Balaban J connectivity index is 2.07. The number of anilines is 1. The molecule has 4 nitrogen and oxygen atoms in total. The lowest BCUT2D eigenvalue weighted by atomic mass is 10.0. The maximum Gasteiger partial charge on any atom is 0.145 e. The van der Waals surface area contributed by atoms with Crippen LogP contribution < -0.4 is 4.90 Å². The molecular formula is C11H17IN4. The highest BCUT2D eigenvalue weighted by Gasteiger charge is 2.22. The van der Waals surface area contributed by atoms with Crippen molar-refractivity contribution in [2.24, 2.45) is 0 Å². The molecule has 0 radical (unpaired) electrons. The van der Waals surface area contributed by atoms with Gasteiger partial charge in [-0.3, -0.25) is 0 Å². The molecule has 0 amide bonds. The zero-order chi connectivity index (χ0) is 11.5. The van der Waals surface area contributed by atoms with Gasteiger partial charge in [0, 0.05) is 19.3 Å². The summed E-state index contributed by atoms with van der Waals surface area (Å²) in [6.45, 7) is 2.35. The van der Waals surface area contributed by atoms with Gasteiger partial charge in [0.25, 0.3) is 0 Å². The fourth-order valence-corrected chi connectivity index (χ4v) is 2.80. The van der Waals surface area contributed by atoms with Crippen molar-refractivity contribution in [3.8, 4) is 0 Å². The van der Waals surface area contributed by atoms with Gasteiger partial charge in [0.05, 0.1) is 3.57 Å². The van der Waals surface area contributed by atoms with E-state index in [0.717, 1.165) is 9.39 Å². The Labute approximate surface area is 110 Å². The second-order valence-corrected chi connectivity index (χ2v) is 5.50. The van der Waals surface area contributed by atoms with Gasteiger partial charge in [0.15, 0.2) is 0 Å². The molecule has 0 saturated carbocycles. The molecular weight excluding hydrogens is 315 g/mol. The third-order valence-corrected chi connectivity index (χ3v) is 3.98. The third-order valence-electron chi connectivity index (χ3n) is 3.22. The van der Waals surface area contributed by atoms with E-state index in [1.807, 2.05) is 6.20 Å². The second kappa shape index (κ2) is 5.27. The summed E-state index contributed by atoms with van der Waals surface area (Å²) < 4.78 is 1.13. The molecule has 0 spiro atoms. The van der Waals surface area contributed by atoms with Crippen molar-refractivity contribution in [2.75, 3.05) is 32.1 Å². The van der Waals surface area contributed by atoms with Crippen LogP contribution in [0.4, 0.5) is 5.82 Å². The number of halogens is 1. The van der Waals surface area contributed by atoms with Crippen molar-refractivity contribution in [2.45, 2.75) is 18.9 Å². The predicted molar refractivity (Wildman–Crippen MR) is 73.7 cm³/mol. The topological polar surface area (TPSA) is 32.3 Å². The van der Waals surface area contributed by atoms with Crippen LogP contribution in [-0.2, 0) is 0 Å². The third kappa shape index (κ3) is 2.63. The molecule has 88 valence electrons.